The standard InChI is InChI=1S/C20H17F2N5OS/c1-12(27-19-17-20(25-10-24-19)29-11-26-17)8-13-2-4-15(5-3-13)28-16-9-14(18(21)22)6-7-23-16/h2-7,9-12,18H,8H2,1H3,(H,24,25,27). The van der Waals surface area contributed by atoms with E-state index in [0.717, 1.165) is 22.3 Å². The highest BCUT2D eigenvalue weighted by Gasteiger charge is 2.11. The third kappa shape index (κ3) is 4.62. The van der Waals surface area contributed by atoms with Crippen molar-refractivity contribution in [2.75, 3.05) is 5.32 Å². The van der Waals surface area contributed by atoms with Crippen LogP contribution in [0.3, 0.4) is 0 Å². The van der Waals surface area contributed by atoms with Gasteiger partial charge in [0, 0.05) is 23.9 Å². The van der Waals surface area contributed by atoms with E-state index in [2.05, 4.69) is 32.2 Å². The number of hydrogen-bond acceptors (Lipinski definition) is 7. The fourth-order valence-corrected chi connectivity index (χ4v) is 3.50. The Balaban J connectivity index is 1.39. The van der Waals surface area contributed by atoms with E-state index < -0.39 is 6.43 Å². The Labute approximate surface area is 169 Å². The Morgan fingerprint density at radius 2 is 1.90 bits per heavy atom. The highest BCUT2D eigenvalue weighted by Crippen LogP contribution is 2.26. The number of pyridine rings is 1. The van der Waals surface area contributed by atoms with E-state index in [1.807, 2.05) is 12.1 Å². The molecule has 0 amide bonds. The lowest BCUT2D eigenvalue weighted by Crippen LogP contribution is -2.19. The summed E-state index contributed by atoms with van der Waals surface area (Å²) < 4.78 is 31.1. The van der Waals surface area contributed by atoms with Crippen LogP contribution < -0.4 is 10.1 Å². The normalized spacial score (nSPS) is 12.3. The minimum absolute atomic E-state index is 0.117. The molecule has 0 spiro atoms. The molecule has 4 aromatic rings. The van der Waals surface area contributed by atoms with Crippen molar-refractivity contribution in [2.24, 2.45) is 0 Å². The Bertz CT molecular complexity index is 1100. The molecule has 1 atom stereocenters. The number of thiazole rings is 1. The quantitative estimate of drug-likeness (QED) is 0.446. The number of alkyl halides is 2. The molecule has 0 aliphatic carbocycles. The van der Waals surface area contributed by atoms with E-state index >= 15 is 0 Å². The number of nitrogens with one attached hydrogen (secondary N) is 1. The van der Waals surface area contributed by atoms with Crippen molar-refractivity contribution >= 4 is 27.5 Å². The van der Waals surface area contributed by atoms with Gasteiger partial charge in [-0.15, -0.1) is 11.3 Å². The number of halogens is 2. The van der Waals surface area contributed by atoms with E-state index in [9.17, 15) is 8.78 Å². The van der Waals surface area contributed by atoms with Gasteiger partial charge in [0.1, 0.15) is 22.4 Å². The maximum Gasteiger partial charge on any atom is 0.264 e. The van der Waals surface area contributed by atoms with E-state index in [-0.39, 0.29) is 17.5 Å². The van der Waals surface area contributed by atoms with Crippen LogP contribution in [-0.4, -0.2) is 26.0 Å². The average Bonchev–Trinajstić information content (AvgIpc) is 3.20. The summed E-state index contributed by atoms with van der Waals surface area (Å²) in [6, 6.07) is 10.1. The molecule has 3 heterocycles. The monoisotopic (exact) mass is 413 g/mol. The summed E-state index contributed by atoms with van der Waals surface area (Å²) >= 11 is 1.47. The van der Waals surface area contributed by atoms with Gasteiger partial charge in [0.15, 0.2) is 5.82 Å². The van der Waals surface area contributed by atoms with Crippen LogP contribution in [0.4, 0.5) is 14.6 Å². The first-order chi connectivity index (χ1) is 14.1. The van der Waals surface area contributed by atoms with Crippen molar-refractivity contribution in [3.63, 3.8) is 0 Å². The molecule has 1 aromatic carbocycles. The molecule has 0 aliphatic heterocycles. The molecule has 1 N–H and O–H groups in total. The number of fused-ring (bicyclic) bond motifs is 1. The summed E-state index contributed by atoms with van der Waals surface area (Å²) in [5.74, 6) is 1.39. The first-order valence-electron chi connectivity index (χ1n) is 8.90. The van der Waals surface area contributed by atoms with Crippen LogP contribution in [0, 0.1) is 0 Å². The molecule has 148 valence electrons. The first kappa shape index (κ1) is 19.1. The lowest BCUT2D eigenvalue weighted by molar-refractivity contribution is 0.151. The second-order valence-electron chi connectivity index (χ2n) is 6.45. The molecule has 9 heteroatoms. The Morgan fingerprint density at radius 3 is 2.69 bits per heavy atom. The van der Waals surface area contributed by atoms with Crippen molar-refractivity contribution in [1.82, 2.24) is 19.9 Å². The molecular formula is C20H17F2N5OS. The number of anilines is 1. The Hall–Kier alpha value is -3.20. The van der Waals surface area contributed by atoms with Gasteiger partial charge in [0.05, 0.1) is 5.51 Å². The summed E-state index contributed by atoms with van der Waals surface area (Å²) in [6.45, 7) is 2.06. The highest BCUT2D eigenvalue weighted by atomic mass is 32.1. The maximum atomic E-state index is 12.8. The van der Waals surface area contributed by atoms with Gasteiger partial charge in [0.25, 0.3) is 6.43 Å². The van der Waals surface area contributed by atoms with Crippen LogP contribution in [0.15, 0.2) is 54.4 Å². The van der Waals surface area contributed by atoms with Gasteiger partial charge in [-0.2, -0.15) is 0 Å². The van der Waals surface area contributed by atoms with Crippen LogP contribution in [-0.2, 0) is 6.42 Å². The zero-order valence-electron chi connectivity index (χ0n) is 15.4. The van der Waals surface area contributed by atoms with Gasteiger partial charge in [-0.1, -0.05) is 12.1 Å². The summed E-state index contributed by atoms with van der Waals surface area (Å²) in [7, 11) is 0. The molecule has 0 saturated carbocycles. The van der Waals surface area contributed by atoms with Gasteiger partial charge < -0.3 is 10.1 Å². The maximum absolute atomic E-state index is 12.8. The predicted molar refractivity (Wildman–Crippen MR) is 108 cm³/mol. The van der Waals surface area contributed by atoms with Crippen LogP contribution in [0.1, 0.15) is 24.5 Å². The fraction of sp³-hybridized carbons (Fsp3) is 0.200. The SMILES string of the molecule is CC(Cc1ccc(Oc2cc(C(F)F)ccn2)cc1)Nc1ncnc2scnc12. The molecule has 0 aliphatic rings. The Morgan fingerprint density at radius 1 is 1.07 bits per heavy atom. The third-order valence-corrected chi connectivity index (χ3v) is 4.95. The second kappa shape index (κ2) is 8.44. The molecule has 29 heavy (non-hydrogen) atoms. The number of benzene rings is 1. The van der Waals surface area contributed by atoms with Crippen LogP contribution >= 0.6 is 11.3 Å². The molecule has 6 nitrogen and oxygen atoms in total. The van der Waals surface area contributed by atoms with Crippen molar-refractivity contribution in [2.45, 2.75) is 25.8 Å². The average molecular weight is 413 g/mol. The lowest BCUT2D eigenvalue weighted by Gasteiger charge is -2.15. The number of ether oxygens (including phenoxy) is 1. The lowest BCUT2D eigenvalue weighted by atomic mass is 10.1. The molecule has 0 bridgehead atoms. The molecular weight excluding hydrogens is 396 g/mol. The van der Waals surface area contributed by atoms with Crippen LogP contribution in [0.2, 0.25) is 0 Å². The van der Waals surface area contributed by atoms with E-state index in [1.165, 1.54) is 36.0 Å². The predicted octanol–water partition coefficient (Wildman–Crippen LogP) is 5.25. The van der Waals surface area contributed by atoms with Crippen molar-refractivity contribution < 1.29 is 13.5 Å². The molecule has 0 saturated heterocycles. The zero-order valence-corrected chi connectivity index (χ0v) is 16.2. The summed E-state index contributed by atoms with van der Waals surface area (Å²) in [4.78, 5) is 17.6. The summed E-state index contributed by atoms with van der Waals surface area (Å²) in [5.41, 5.74) is 3.49. The van der Waals surface area contributed by atoms with Crippen molar-refractivity contribution in [3.05, 3.63) is 65.6 Å². The first-order valence-corrected chi connectivity index (χ1v) is 9.78. The number of nitrogens with zero attached hydrogens (tertiary/aromatic N) is 4. The van der Waals surface area contributed by atoms with Gasteiger partial charge in [-0.25, -0.2) is 28.7 Å². The number of rotatable bonds is 7. The number of aromatic nitrogens is 4. The van der Waals surface area contributed by atoms with E-state index in [1.54, 1.807) is 17.6 Å². The van der Waals surface area contributed by atoms with Crippen molar-refractivity contribution in [1.29, 1.82) is 0 Å². The van der Waals surface area contributed by atoms with Gasteiger partial charge in [-0.3, -0.25) is 0 Å². The molecule has 3 aromatic heterocycles. The highest BCUT2D eigenvalue weighted by molar-refractivity contribution is 7.16. The minimum atomic E-state index is -2.56. The largest absolute Gasteiger partial charge is 0.439 e. The van der Waals surface area contributed by atoms with Gasteiger partial charge in [0.2, 0.25) is 5.88 Å². The van der Waals surface area contributed by atoms with Crippen LogP contribution in [0.25, 0.3) is 10.3 Å². The number of hydrogen-bond donors (Lipinski definition) is 1. The molecule has 4 rings (SSSR count). The van der Waals surface area contributed by atoms with Crippen LogP contribution in [0.5, 0.6) is 11.6 Å². The summed E-state index contributed by atoms with van der Waals surface area (Å²) in [6.07, 6.45) is 1.04. The summed E-state index contributed by atoms with van der Waals surface area (Å²) in [5, 5.41) is 3.37. The second-order valence-corrected chi connectivity index (χ2v) is 7.29. The molecule has 0 fully saturated rings. The fourth-order valence-electron chi connectivity index (χ4n) is 2.87. The smallest absolute Gasteiger partial charge is 0.264 e. The topological polar surface area (TPSA) is 72.8 Å². The Kier molecular flexibility index (Phi) is 5.57. The van der Waals surface area contributed by atoms with E-state index in [0.29, 0.717) is 11.6 Å². The molecule has 1 unspecified atom stereocenters. The molecule has 0 radical (unpaired) electrons. The van der Waals surface area contributed by atoms with Gasteiger partial charge in [-0.05, 0) is 37.1 Å². The van der Waals surface area contributed by atoms with Crippen molar-refractivity contribution in [3.8, 4) is 11.6 Å². The zero-order chi connectivity index (χ0) is 20.2. The van der Waals surface area contributed by atoms with E-state index in [4.69, 9.17) is 4.74 Å². The minimum Gasteiger partial charge on any atom is -0.439 e. The van der Waals surface area contributed by atoms with Gasteiger partial charge >= 0.3 is 0 Å². The third-order valence-electron chi connectivity index (χ3n) is 4.22.